The highest BCUT2D eigenvalue weighted by molar-refractivity contribution is 6.30. The van der Waals surface area contributed by atoms with Crippen LogP contribution in [0, 0.1) is 0 Å². The van der Waals surface area contributed by atoms with Crippen LogP contribution in [-0.4, -0.2) is 4.98 Å². The molecular formula is C26H23ClN4. The Morgan fingerprint density at radius 2 is 1.48 bits per heavy atom. The van der Waals surface area contributed by atoms with Crippen molar-refractivity contribution in [3.63, 3.8) is 0 Å². The van der Waals surface area contributed by atoms with Crippen molar-refractivity contribution < 1.29 is 0 Å². The Labute approximate surface area is 186 Å². The van der Waals surface area contributed by atoms with Gasteiger partial charge in [0.05, 0.1) is 5.69 Å². The van der Waals surface area contributed by atoms with Gasteiger partial charge in [0.15, 0.2) is 0 Å². The van der Waals surface area contributed by atoms with Crippen LogP contribution in [-0.2, 0) is 6.42 Å². The maximum atomic E-state index is 6.55. The average Bonchev–Trinajstić information content (AvgIpc) is 2.81. The molecule has 5 heteroatoms. The Morgan fingerprint density at radius 1 is 0.806 bits per heavy atom. The molecule has 0 saturated heterocycles. The Balaban J connectivity index is 1.69. The van der Waals surface area contributed by atoms with Crippen molar-refractivity contribution in [1.82, 2.24) is 4.98 Å². The van der Waals surface area contributed by atoms with Crippen LogP contribution in [0.5, 0.6) is 0 Å². The number of pyridine rings is 1. The lowest BCUT2D eigenvalue weighted by Crippen LogP contribution is -2.36. The number of anilines is 1. The van der Waals surface area contributed by atoms with Crippen LogP contribution in [0.15, 0.2) is 97.2 Å². The molecule has 0 aliphatic rings. The first kappa shape index (κ1) is 20.5. The fraction of sp³-hybridized carbons (Fsp3) is 0.0385. The van der Waals surface area contributed by atoms with E-state index in [1.807, 2.05) is 91.1 Å². The summed E-state index contributed by atoms with van der Waals surface area (Å²) in [6, 6.07) is 29.4. The van der Waals surface area contributed by atoms with Gasteiger partial charge in [0.25, 0.3) is 0 Å². The fourth-order valence-corrected chi connectivity index (χ4v) is 3.55. The summed E-state index contributed by atoms with van der Waals surface area (Å²) < 4.78 is 0. The molecule has 0 atom stereocenters. The van der Waals surface area contributed by atoms with Gasteiger partial charge in [-0.15, -0.1) is 0 Å². The molecule has 1 aromatic heterocycles. The average molecular weight is 427 g/mol. The number of aromatic nitrogens is 1. The molecule has 4 rings (SSSR count). The summed E-state index contributed by atoms with van der Waals surface area (Å²) >= 11 is 5.97. The lowest BCUT2D eigenvalue weighted by atomic mass is 10.0. The van der Waals surface area contributed by atoms with E-state index in [4.69, 9.17) is 23.1 Å². The van der Waals surface area contributed by atoms with Crippen molar-refractivity contribution in [3.8, 4) is 11.3 Å². The molecule has 3 aromatic carbocycles. The zero-order valence-corrected chi connectivity index (χ0v) is 17.7. The summed E-state index contributed by atoms with van der Waals surface area (Å²) in [5, 5.41) is 5.66. The maximum absolute atomic E-state index is 6.55. The van der Waals surface area contributed by atoms with E-state index in [2.05, 4.69) is 16.4 Å². The van der Waals surface area contributed by atoms with Crippen LogP contribution in [0.25, 0.3) is 22.8 Å². The second kappa shape index (κ2) is 9.37. The fourth-order valence-electron chi connectivity index (χ4n) is 3.42. The van der Waals surface area contributed by atoms with Crippen LogP contribution in [0.4, 0.5) is 5.69 Å². The molecule has 31 heavy (non-hydrogen) atoms. The SMILES string of the molecule is N/C(Cc1ccnc(-c2ccccc2)c1)=c1/cccc/c1=C(/N)Nc1ccc(Cl)cc1. The van der Waals surface area contributed by atoms with Crippen LogP contribution >= 0.6 is 11.6 Å². The summed E-state index contributed by atoms with van der Waals surface area (Å²) in [7, 11) is 0. The van der Waals surface area contributed by atoms with Gasteiger partial charge in [0.1, 0.15) is 5.82 Å². The topological polar surface area (TPSA) is 77.0 Å². The van der Waals surface area contributed by atoms with Gasteiger partial charge in [0.2, 0.25) is 0 Å². The number of halogens is 1. The van der Waals surface area contributed by atoms with Crippen molar-refractivity contribution in [3.05, 3.63) is 118 Å². The van der Waals surface area contributed by atoms with Crippen LogP contribution in [0.1, 0.15) is 5.56 Å². The Kier molecular flexibility index (Phi) is 6.20. The minimum atomic E-state index is 0.528. The molecule has 0 spiro atoms. The third-order valence-electron chi connectivity index (χ3n) is 4.97. The molecule has 1 heterocycles. The molecule has 0 aliphatic carbocycles. The smallest absolute Gasteiger partial charge is 0.109 e. The summed E-state index contributed by atoms with van der Waals surface area (Å²) in [6.45, 7) is 0. The van der Waals surface area contributed by atoms with E-state index in [0.29, 0.717) is 17.3 Å². The lowest BCUT2D eigenvalue weighted by Gasteiger charge is -2.09. The molecule has 0 radical (unpaired) electrons. The van der Waals surface area contributed by atoms with E-state index in [0.717, 1.165) is 38.6 Å². The van der Waals surface area contributed by atoms with Gasteiger partial charge in [-0.3, -0.25) is 4.98 Å². The number of nitrogens with one attached hydrogen (secondary N) is 1. The molecule has 0 aliphatic heterocycles. The van der Waals surface area contributed by atoms with Gasteiger partial charge >= 0.3 is 0 Å². The van der Waals surface area contributed by atoms with Crippen molar-refractivity contribution in [2.24, 2.45) is 11.5 Å². The summed E-state index contributed by atoms with van der Waals surface area (Å²) in [4.78, 5) is 4.49. The molecular weight excluding hydrogens is 404 g/mol. The monoisotopic (exact) mass is 426 g/mol. The number of benzene rings is 3. The molecule has 5 N–H and O–H groups in total. The highest BCUT2D eigenvalue weighted by Gasteiger charge is 2.04. The van der Waals surface area contributed by atoms with Gasteiger partial charge in [-0.25, -0.2) is 0 Å². The van der Waals surface area contributed by atoms with Crippen molar-refractivity contribution in [1.29, 1.82) is 0 Å². The van der Waals surface area contributed by atoms with Crippen LogP contribution in [0.2, 0.25) is 5.02 Å². The van der Waals surface area contributed by atoms with Gasteiger partial charge in [-0.05, 0) is 42.0 Å². The van der Waals surface area contributed by atoms with E-state index in [9.17, 15) is 0 Å². The highest BCUT2D eigenvalue weighted by atomic mass is 35.5. The van der Waals surface area contributed by atoms with Gasteiger partial charge < -0.3 is 16.8 Å². The van der Waals surface area contributed by atoms with Crippen molar-refractivity contribution in [2.45, 2.75) is 6.42 Å². The number of hydrogen-bond acceptors (Lipinski definition) is 4. The molecule has 0 bridgehead atoms. The minimum absolute atomic E-state index is 0.528. The standard InChI is InChI=1S/C26H23ClN4/c27-20-10-12-21(13-11-20)31-26(29)23-9-5-4-8-22(23)24(28)16-18-14-15-30-25(17-18)19-6-2-1-3-7-19/h1-15,17,31H,16,28-29H2/b24-22-,26-23+. The predicted molar refractivity (Wildman–Crippen MR) is 129 cm³/mol. The zero-order valence-electron chi connectivity index (χ0n) is 16.9. The number of hydrogen-bond donors (Lipinski definition) is 3. The second-order valence-corrected chi connectivity index (χ2v) is 7.64. The van der Waals surface area contributed by atoms with Gasteiger partial charge in [-0.1, -0.05) is 66.2 Å². The van der Waals surface area contributed by atoms with E-state index in [1.165, 1.54) is 0 Å². The largest absolute Gasteiger partial charge is 0.401 e. The first-order valence-corrected chi connectivity index (χ1v) is 10.3. The summed E-state index contributed by atoms with van der Waals surface area (Å²) in [5.41, 5.74) is 17.6. The van der Waals surface area contributed by atoms with Crippen molar-refractivity contribution in [2.75, 3.05) is 5.32 Å². The normalized spacial score (nSPS) is 12.8. The molecule has 4 aromatic rings. The van der Waals surface area contributed by atoms with E-state index < -0.39 is 0 Å². The third kappa shape index (κ3) is 5.05. The van der Waals surface area contributed by atoms with Gasteiger partial charge in [0, 0.05) is 45.0 Å². The Bertz CT molecular complexity index is 1300. The molecule has 0 saturated carbocycles. The maximum Gasteiger partial charge on any atom is 0.109 e. The van der Waals surface area contributed by atoms with E-state index in [-0.39, 0.29) is 0 Å². The highest BCUT2D eigenvalue weighted by Crippen LogP contribution is 2.18. The summed E-state index contributed by atoms with van der Waals surface area (Å²) in [5.74, 6) is 0.528. The predicted octanol–water partition coefficient (Wildman–Crippen LogP) is 3.85. The number of rotatable bonds is 5. The van der Waals surface area contributed by atoms with Crippen LogP contribution in [0.3, 0.4) is 0 Å². The van der Waals surface area contributed by atoms with Crippen LogP contribution < -0.4 is 27.2 Å². The number of nitrogens with zero attached hydrogens (tertiary/aromatic N) is 1. The van der Waals surface area contributed by atoms with E-state index >= 15 is 0 Å². The lowest BCUT2D eigenvalue weighted by molar-refractivity contribution is 1.18. The minimum Gasteiger partial charge on any atom is -0.401 e. The Hall–Kier alpha value is -3.76. The quantitative estimate of drug-likeness (QED) is 0.453. The van der Waals surface area contributed by atoms with E-state index in [1.54, 1.807) is 0 Å². The molecule has 154 valence electrons. The summed E-state index contributed by atoms with van der Waals surface area (Å²) in [6.07, 6.45) is 2.41. The first-order chi connectivity index (χ1) is 15.1. The molecule has 0 fully saturated rings. The second-order valence-electron chi connectivity index (χ2n) is 7.21. The van der Waals surface area contributed by atoms with Crippen molar-refractivity contribution >= 4 is 28.8 Å². The number of nitrogens with two attached hydrogens (primary N) is 2. The third-order valence-corrected chi connectivity index (χ3v) is 5.23. The van der Waals surface area contributed by atoms with Gasteiger partial charge in [-0.2, -0.15) is 0 Å². The molecule has 0 amide bonds. The first-order valence-electron chi connectivity index (χ1n) is 9.96. The molecule has 0 unspecified atom stereocenters. The zero-order chi connectivity index (χ0) is 21.6. The molecule has 4 nitrogen and oxygen atoms in total. The Morgan fingerprint density at radius 3 is 2.23 bits per heavy atom.